The van der Waals surface area contributed by atoms with Gasteiger partial charge in [0.25, 0.3) is 0 Å². The van der Waals surface area contributed by atoms with Gasteiger partial charge in [-0.1, -0.05) is 25.3 Å². The second-order valence-corrected chi connectivity index (χ2v) is 10.4. The van der Waals surface area contributed by atoms with Crippen LogP contribution in [0, 0.1) is 0 Å². The highest BCUT2D eigenvalue weighted by Gasteiger charge is 2.34. The lowest BCUT2D eigenvalue weighted by Gasteiger charge is -2.35. The van der Waals surface area contributed by atoms with Crippen LogP contribution < -0.4 is 10.6 Å². The largest absolute Gasteiger partial charge is 0.379 e. The van der Waals surface area contributed by atoms with Gasteiger partial charge in [-0.2, -0.15) is 0 Å². The highest BCUT2D eigenvalue weighted by Crippen LogP contribution is 2.41. The molecule has 0 aliphatic heterocycles. The van der Waals surface area contributed by atoms with Crippen molar-refractivity contribution >= 4 is 51.1 Å². The van der Waals surface area contributed by atoms with E-state index in [9.17, 15) is 8.42 Å². The van der Waals surface area contributed by atoms with Gasteiger partial charge in [0.2, 0.25) is 0 Å². The van der Waals surface area contributed by atoms with Crippen molar-refractivity contribution in [3.05, 3.63) is 22.4 Å². The standard InChI is InChI=1S/C19H33N3O3S2.HI/c1-3-20-18(21-11-12-25-13-15-27(2,23)24)22-16-19(9-5-4-6-10-19)17-8-7-14-26-17;/h7-8,14H,3-6,9-13,15-16H2,1-2H3,(H2,20,21,22);1H. The molecule has 1 aromatic rings. The lowest BCUT2D eigenvalue weighted by molar-refractivity contribution is 0.154. The summed E-state index contributed by atoms with van der Waals surface area (Å²) in [5, 5.41) is 8.74. The third-order valence-corrected chi connectivity index (χ3v) is 6.90. The van der Waals surface area contributed by atoms with Crippen LogP contribution in [0.25, 0.3) is 0 Å². The zero-order valence-electron chi connectivity index (χ0n) is 16.9. The predicted molar refractivity (Wildman–Crippen MR) is 129 cm³/mol. The average Bonchev–Trinajstić information content (AvgIpc) is 3.18. The highest BCUT2D eigenvalue weighted by atomic mass is 127. The number of nitrogens with one attached hydrogen (secondary N) is 2. The molecule has 0 unspecified atom stereocenters. The van der Waals surface area contributed by atoms with E-state index < -0.39 is 9.84 Å². The maximum atomic E-state index is 11.1. The Kier molecular flexibility index (Phi) is 11.9. The number of thiophene rings is 1. The molecule has 1 aliphatic carbocycles. The Labute approximate surface area is 190 Å². The van der Waals surface area contributed by atoms with E-state index in [0.29, 0.717) is 13.2 Å². The van der Waals surface area contributed by atoms with Gasteiger partial charge in [-0.15, -0.1) is 35.3 Å². The summed E-state index contributed by atoms with van der Waals surface area (Å²) in [5.41, 5.74) is 0.167. The molecule has 1 aliphatic rings. The second kappa shape index (κ2) is 13.0. The van der Waals surface area contributed by atoms with E-state index >= 15 is 0 Å². The predicted octanol–water partition coefficient (Wildman–Crippen LogP) is 3.18. The minimum Gasteiger partial charge on any atom is -0.379 e. The Balaban J connectivity index is 0.00000392. The minimum atomic E-state index is -2.97. The van der Waals surface area contributed by atoms with Crippen molar-refractivity contribution in [3.8, 4) is 0 Å². The van der Waals surface area contributed by atoms with E-state index in [1.807, 2.05) is 11.3 Å². The molecule has 28 heavy (non-hydrogen) atoms. The summed E-state index contributed by atoms with van der Waals surface area (Å²) in [4.78, 5) is 6.32. The monoisotopic (exact) mass is 543 g/mol. The van der Waals surface area contributed by atoms with Gasteiger partial charge in [-0.25, -0.2) is 8.42 Å². The molecule has 1 heterocycles. The molecule has 9 heteroatoms. The first kappa shape index (κ1) is 25.6. The van der Waals surface area contributed by atoms with E-state index in [2.05, 4.69) is 35.1 Å². The van der Waals surface area contributed by atoms with Crippen LogP contribution in [0.5, 0.6) is 0 Å². The van der Waals surface area contributed by atoms with Crippen LogP contribution in [-0.2, 0) is 20.0 Å². The fraction of sp³-hybridized carbons (Fsp3) is 0.737. The van der Waals surface area contributed by atoms with E-state index in [-0.39, 0.29) is 41.8 Å². The highest BCUT2D eigenvalue weighted by molar-refractivity contribution is 14.0. The quantitative estimate of drug-likeness (QED) is 0.205. The number of sulfone groups is 1. The Bertz CT molecular complexity index is 673. The SMILES string of the molecule is CCNC(=NCC1(c2cccs2)CCCCC1)NCCOCCS(C)(=O)=O.I. The van der Waals surface area contributed by atoms with Crippen LogP contribution in [0.15, 0.2) is 22.5 Å². The Morgan fingerprint density at radius 1 is 1.25 bits per heavy atom. The maximum Gasteiger partial charge on any atom is 0.191 e. The van der Waals surface area contributed by atoms with Gasteiger partial charge in [0, 0.05) is 29.6 Å². The first-order valence-corrected chi connectivity index (χ1v) is 12.7. The van der Waals surface area contributed by atoms with Crippen molar-refractivity contribution < 1.29 is 13.2 Å². The number of rotatable bonds is 10. The zero-order valence-corrected chi connectivity index (χ0v) is 20.9. The number of guanidine groups is 1. The molecule has 162 valence electrons. The van der Waals surface area contributed by atoms with Crippen molar-refractivity contribution in [2.24, 2.45) is 4.99 Å². The van der Waals surface area contributed by atoms with Crippen LogP contribution in [0.4, 0.5) is 0 Å². The summed E-state index contributed by atoms with van der Waals surface area (Å²) >= 11 is 1.84. The molecule has 1 fully saturated rings. The minimum absolute atomic E-state index is 0. The first-order valence-electron chi connectivity index (χ1n) is 9.77. The molecule has 1 saturated carbocycles. The van der Waals surface area contributed by atoms with E-state index in [0.717, 1.165) is 19.0 Å². The van der Waals surface area contributed by atoms with Crippen molar-refractivity contribution in [2.45, 2.75) is 44.4 Å². The third kappa shape index (κ3) is 8.96. The van der Waals surface area contributed by atoms with E-state index in [4.69, 9.17) is 9.73 Å². The number of hydrogen-bond acceptors (Lipinski definition) is 5. The molecule has 2 rings (SSSR count). The molecule has 6 nitrogen and oxygen atoms in total. The molecule has 0 atom stereocenters. The summed E-state index contributed by atoms with van der Waals surface area (Å²) < 4.78 is 27.6. The lowest BCUT2D eigenvalue weighted by atomic mass is 9.73. The van der Waals surface area contributed by atoms with Gasteiger partial charge >= 0.3 is 0 Å². The molecule has 0 radical (unpaired) electrons. The van der Waals surface area contributed by atoms with Crippen LogP contribution in [0.2, 0.25) is 0 Å². The molecule has 0 amide bonds. The van der Waals surface area contributed by atoms with Crippen LogP contribution in [0.3, 0.4) is 0 Å². The number of hydrogen-bond donors (Lipinski definition) is 2. The second-order valence-electron chi connectivity index (χ2n) is 7.18. The van der Waals surface area contributed by atoms with Gasteiger partial charge < -0.3 is 15.4 Å². The summed E-state index contributed by atoms with van der Waals surface area (Å²) in [5.74, 6) is 0.857. The summed E-state index contributed by atoms with van der Waals surface area (Å²) in [6.07, 6.45) is 7.48. The summed E-state index contributed by atoms with van der Waals surface area (Å²) in [6, 6.07) is 4.39. The summed E-state index contributed by atoms with van der Waals surface area (Å²) in [7, 11) is -2.97. The average molecular weight is 544 g/mol. The van der Waals surface area contributed by atoms with Gasteiger partial charge in [-0.3, -0.25) is 4.99 Å². The van der Waals surface area contributed by atoms with Crippen molar-refractivity contribution in [1.82, 2.24) is 10.6 Å². The van der Waals surface area contributed by atoms with Crippen LogP contribution >= 0.6 is 35.3 Å². The van der Waals surface area contributed by atoms with Gasteiger partial charge in [-0.05, 0) is 31.2 Å². The van der Waals surface area contributed by atoms with Crippen LogP contribution in [-0.4, -0.2) is 59.2 Å². The van der Waals surface area contributed by atoms with Crippen molar-refractivity contribution in [3.63, 3.8) is 0 Å². The molecular formula is C19H34IN3O3S2. The molecule has 0 saturated heterocycles. The molecule has 0 bridgehead atoms. The normalized spacial score (nSPS) is 17.0. The molecule has 0 spiro atoms. The van der Waals surface area contributed by atoms with E-state index in [1.165, 1.54) is 43.2 Å². The van der Waals surface area contributed by atoms with Gasteiger partial charge in [0.1, 0.15) is 9.84 Å². The third-order valence-electron chi connectivity index (χ3n) is 4.88. The summed E-state index contributed by atoms with van der Waals surface area (Å²) in [6.45, 7) is 4.92. The number of halogens is 1. The van der Waals surface area contributed by atoms with Crippen molar-refractivity contribution in [2.75, 3.05) is 44.9 Å². The van der Waals surface area contributed by atoms with E-state index in [1.54, 1.807) is 0 Å². The number of aliphatic imine (C=N–C) groups is 1. The number of ether oxygens (including phenoxy) is 1. The fourth-order valence-electron chi connectivity index (χ4n) is 3.42. The molecule has 2 N–H and O–H groups in total. The zero-order chi connectivity index (χ0) is 19.6. The Hall–Kier alpha value is -0.390. The molecule has 1 aromatic heterocycles. The van der Waals surface area contributed by atoms with Gasteiger partial charge in [0.05, 0.1) is 25.5 Å². The fourth-order valence-corrected chi connectivity index (χ4v) is 4.82. The van der Waals surface area contributed by atoms with Crippen LogP contribution in [0.1, 0.15) is 43.9 Å². The maximum absolute atomic E-state index is 11.1. The molecule has 0 aromatic carbocycles. The smallest absolute Gasteiger partial charge is 0.191 e. The Morgan fingerprint density at radius 3 is 2.61 bits per heavy atom. The number of nitrogens with zero attached hydrogens (tertiary/aromatic N) is 1. The van der Waals surface area contributed by atoms with Crippen molar-refractivity contribution in [1.29, 1.82) is 0 Å². The van der Waals surface area contributed by atoms with Gasteiger partial charge in [0.15, 0.2) is 5.96 Å². The Morgan fingerprint density at radius 2 is 2.00 bits per heavy atom. The first-order chi connectivity index (χ1) is 13.0. The lowest BCUT2D eigenvalue weighted by Crippen LogP contribution is -2.41. The topological polar surface area (TPSA) is 79.8 Å². The molecular weight excluding hydrogens is 509 g/mol.